The Morgan fingerprint density at radius 2 is 2.00 bits per heavy atom. The number of carbonyl (C=O) groups is 1. The van der Waals surface area contributed by atoms with E-state index < -0.39 is 5.56 Å². The van der Waals surface area contributed by atoms with Crippen molar-refractivity contribution in [2.45, 2.75) is 25.8 Å². The lowest BCUT2D eigenvalue weighted by atomic mass is 10.1. The second kappa shape index (κ2) is 6.43. The topological polar surface area (TPSA) is 75.1 Å². The summed E-state index contributed by atoms with van der Waals surface area (Å²) in [6.45, 7) is 0.408. The van der Waals surface area contributed by atoms with Crippen LogP contribution in [-0.4, -0.2) is 10.9 Å². The van der Waals surface area contributed by atoms with Gasteiger partial charge in [-0.3, -0.25) is 9.59 Å². The van der Waals surface area contributed by atoms with E-state index in [2.05, 4.69) is 22.4 Å². The van der Waals surface area contributed by atoms with Crippen LogP contribution in [0.3, 0.4) is 0 Å². The standard InChI is InChI=1S/C20H18N2O3/c23-19(21-12-13-6-7-14-3-1-4-15(14)11-13)16-8-9-17(22-20(16)24)18-5-2-10-25-18/h2,5-11H,1,3-4,12H2,(H,21,23)(H,22,24). The number of benzene rings is 1. The molecule has 1 aromatic carbocycles. The molecule has 2 heterocycles. The van der Waals surface area contributed by atoms with Gasteiger partial charge in [0.1, 0.15) is 11.3 Å². The number of carbonyl (C=O) groups excluding carboxylic acids is 1. The van der Waals surface area contributed by atoms with Gasteiger partial charge >= 0.3 is 0 Å². The van der Waals surface area contributed by atoms with Crippen molar-refractivity contribution in [3.63, 3.8) is 0 Å². The van der Waals surface area contributed by atoms with Gasteiger partial charge in [0, 0.05) is 6.54 Å². The predicted molar refractivity (Wildman–Crippen MR) is 94.4 cm³/mol. The molecule has 0 fully saturated rings. The molecule has 5 heteroatoms. The molecule has 126 valence electrons. The zero-order valence-electron chi connectivity index (χ0n) is 13.7. The van der Waals surface area contributed by atoms with E-state index in [0.717, 1.165) is 18.4 Å². The van der Waals surface area contributed by atoms with Gasteiger partial charge in [-0.2, -0.15) is 0 Å². The van der Waals surface area contributed by atoms with E-state index in [1.54, 1.807) is 18.2 Å². The maximum Gasteiger partial charge on any atom is 0.261 e. The molecule has 0 saturated heterocycles. The minimum absolute atomic E-state index is 0.0940. The molecule has 1 amide bonds. The number of rotatable bonds is 4. The zero-order chi connectivity index (χ0) is 17.2. The fourth-order valence-electron chi connectivity index (χ4n) is 3.24. The Hall–Kier alpha value is -3.08. The summed E-state index contributed by atoms with van der Waals surface area (Å²) < 4.78 is 5.25. The number of H-pyrrole nitrogens is 1. The molecular formula is C20H18N2O3. The number of fused-ring (bicyclic) bond motifs is 1. The van der Waals surface area contributed by atoms with Gasteiger partial charge in [0.05, 0.1) is 12.0 Å². The number of amides is 1. The normalized spacial score (nSPS) is 12.8. The lowest BCUT2D eigenvalue weighted by Crippen LogP contribution is -2.29. The number of aryl methyl sites for hydroxylation is 2. The highest BCUT2D eigenvalue weighted by Crippen LogP contribution is 2.22. The van der Waals surface area contributed by atoms with Crippen LogP contribution >= 0.6 is 0 Å². The van der Waals surface area contributed by atoms with Crippen LogP contribution in [0.5, 0.6) is 0 Å². The fraction of sp³-hybridized carbons (Fsp3) is 0.200. The second-order valence-electron chi connectivity index (χ2n) is 6.23. The van der Waals surface area contributed by atoms with Crippen LogP contribution in [0.4, 0.5) is 0 Å². The first-order valence-electron chi connectivity index (χ1n) is 8.37. The molecule has 1 aliphatic carbocycles. The van der Waals surface area contributed by atoms with Crippen molar-refractivity contribution in [3.05, 3.63) is 81.3 Å². The summed E-state index contributed by atoms with van der Waals surface area (Å²) in [7, 11) is 0. The molecule has 2 N–H and O–H groups in total. The van der Waals surface area contributed by atoms with Crippen LogP contribution in [-0.2, 0) is 19.4 Å². The van der Waals surface area contributed by atoms with Gasteiger partial charge in [-0.1, -0.05) is 18.2 Å². The van der Waals surface area contributed by atoms with Crippen molar-refractivity contribution in [1.29, 1.82) is 0 Å². The Morgan fingerprint density at radius 3 is 2.80 bits per heavy atom. The third kappa shape index (κ3) is 3.13. The first-order chi connectivity index (χ1) is 12.2. The summed E-state index contributed by atoms with van der Waals surface area (Å²) in [5, 5.41) is 2.82. The molecular weight excluding hydrogens is 316 g/mol. The monoisotopic (exact) mass is 334 g/mol. The molecule has 3 aromatic rings. The second-order valence-corrected chi connectivity index (χ2v) is 6.23. The zero-order valence-corrected chi connectivity index (χ0v) is 13.7. The number of aromatic nitrogens is 1. The Labute approximate surface area is 144 Å². The van der Waals surface area contributed by atoms with Crippen LogP contribution < -0.4 is 10.9 Å². The fourth-order valence-corrected chi connectivity index (χ4v) is 3.24. The SMILES string of the molecule is O=C(NCc1ccc2c(c1)CCC2)c1ccc(-c2ccco2)[nH]c1=O. The van der Waals surface area contributed by atoms with Gasteiger partial charge in [-0.05, 0) is 60.2 Å². The van der Waals surface area contributed by atoms with E-state index in [-0.39, 0.29) is 11.5 Å². The van der Waals surface area contributed by atoms with E-state index in [0.29, 0.717) is 18.0 Å². The summed E-state index contributed by atoms with van der Waals surface area (Å²) >= 11 is 0. The van der Waals surface area contributed by atoms with Crippen molar-refractivity contribution < 1.29 is 9.21 Å². The Morgan fingerprint density at radius 1 is 1.12 bits per heavy atom. The van der Waals surface area contributed by atoms with Crippen molar-refractivity contribution in [1.82, 2.24) is 10.3 Å². The number of nitrogens with one attached hydrogen (secondary N) is 2. The van der Waals surface area contributed by atoms with Gasteiger partial charge in [0.25, 0.3) is 11.5 Å². The lowest BCUT2D eigenvalue weighted by molar-refractivity contribution is 0.0949. The Bertz CT molecular complexity index is 971. The van der Waals surface area contributed by atoms with E-state index in [4.69, 9.17) is 4.42 Å². The average Bonchev–Trinajstić information content (AvgIpc) is 3.30. The summed E-state index contributed by atoms with van der Waals surface area (Å²) in [5.41, 5.74) is 4.03. The molecule has 0 bridgehead atoms. The van der Waals surface area contributed by atoms with Crippen molar-refractivity contribution in [2.75, 3.05) is 0 Å². The highest BCUT2D eigenvalue weighted by Gasteiger charge is 2.14. The number of hydrogen-bond donors (Lipinski definition) is 2. The molecule has 4 rings (SSSR count). The first-order valence-corrected chi connectivity index (χ1v) is 8.37. The molecule has 5 nitrogen and oxygen atoms in total. The van der Waals surface area contributed by atoms with E-state index in [9.17, 15) is 9.59 Å². The van der Waals surface area contributed by atoms with E-state index >= 15 is 0 Å². The van der Waals surface area contributed by atoms with Crippen LogP contribution in [0.15, 0.2) is 57.9 Å². The van der Waals surface area contributed by atoms with Crippen LogP contribution in [0.25, 0.3) is 11.5 Å². The highest BCUT2D eigenvalue weighted by atomic mass is 16.3. The molecule has 0 unspecified atom stereocenters. The molecule has 25 heavy (non-hydrogen) atoms. The third-order valence-electron chi connectivity index (χ3n) is 4.56. The first kappa shape index (κ1) is 15.4. The minimum Gasteiger partial charge on any atom is -0.463 e. The van der Waals surface area contributed by atoms with Crippen molar-refractivity contribution >= 4 is 5.91 Å². The van der Waals surface area contributed by atoms with E-state index in [1.165, 1.54) is 29.9 Å². The van der Waals surface area contributed by atoms with Crippen LogP contribution in [0.2, 0.25) is 0 Å². The molecule has 0 radical (unpaired) electrons. The third-order valence-corrected chi connectivity index (χ3v) is 4.56. The van der Waals surface area contributed by atoms with Gasteiger partial charge in [0.15, 0.2) is 0 Å². The molecule has 0 atom stereocenters. The quantitative estimate of drug-likeness (QED) is 0.770. The van der Waals surface area contributed by atoms with E-state index in [1.807, 2.05) is 6.07 Å². The molecule has 1 aliphatic rings. The Kier molecular flexibility index (Phi) is 3.98. The maximum absolute atomic E-state index is 12.3. The molecule has 2 aromatic heterocycles. The number of aromatic amines is 1. The summed E-state index contributed by atoms with van der Waals surface area (Å²) in [6, 6.07) is 13.0. The highest BCUT2D eigenvalue weighted by molar-refractivity contribution is 5.94. The number of pyridine rings is 1. The van der Waals surface area contributed by atoms with Crippen LogP contribution in [0.1, 0.15) is 33.5 Å². The van der Waals surface area contributed by atoms with Crippen LogP contribution in [0, 0.1) is 0 Å². The largest absolute Gasteiger partial charge is 0.463 e. The van der Waals surface area contributed by atoms with Gasteiger partial charge in [-0.15, -0.1) is 0 Å². The number of hydrogen-bond acceptors (Lipinski definition) is 3. The predicted octanol–water partition coefficient (Wildman–Crippen LogP) is 3.05. The average molecular weight is 334 g/mol. The minimum atomic E-state index is -0.430. The molecule has 0 saturated carbocycles. The van der Waals surface area contributed by atoms with Crippen molar-refractivity contribution in [2.24, 2.45) is 0 Å². The van der Waals surface area contributed by atoms with Gasteiger partial charge in [-0.25, -0.2) is 0 Å². The summed E-state index contributed by atoms with van der Waals surface area (Å²) in [4.78, 5) is 27.2. The summed E-state index contributed by atoms with van der Waals surface area (Å²) in [5.74, 6) is 0.176. The van der Waals surface area contributed by atoms with Gasteiger partial charge < -0.3 is 14.7 Å². The Balaban J connectivity index is 1.47. The van der Waals surface area contributed by atoms with Crippen molar-refractivity contribution in [3.8, 4) is 11.5 Å². The maximum atomic E-state index is 12.3. The lowest BCUT2D eigenvalue weighted by Gasteiger charge is -2.07. The van der Waals surface area contributed by atoms with Gasteiger partial charge in [0.2, 0.25) is 0 Å². The summed E-state index contributed by atoms with van der Waals surface area (Å²) in [6.07, 6.45) is 4.97. The molecule has 0 spiro atoms. The molecule has 0 aliphatic heterocycles. The smallest absolute Gasteiger partial charge is 0.261 e. The number of furan rings is 1.